The highest BCUT2D eigenvalue weighted by Crippen LogP contribution is 2.29. The number of amides is 2. The van der Waals surface area contributed by atoms with Crippen molar-refractivity contribution in [3.8, 4) is 5.75 Å². The summed E-state index contributed by atoms with van der Waals surface area (Å²) in [4.78, 5) is 28.8. The minimum Gasteiger partial charge on any atom is -0.490 e. The molecule has 1 unspecified atom stereocenters. The first-order chi connectivity index (χ1) is 12.1. The minimum atomic E-state index is -0.336. The zero-order valence-electron chi connectivity index (χ0n) is 16.8. The molecule has 26 heavy (non-hydrogen) atoms. The van der Waals surface area contributed by atoms with Crippen molar-refractivity contribution in [1.29, 1.82) is 0 Å². The number of rotatable bonds is 6. The Hall–Kier alpha value is -2.08. The van der Waals surface area contributed by atoms with Crippen LogP contribution in [0, 0.1) is 12.8 Å². The second kappa shape index (κ2) is 8.08. The third kappa shape index (κ3) is 5.21. The second-order valence-electron chi connectivity index (χ2n) is 8.22. The maximum Gasteiger partial charge on any atom is 0.229 e. The third-order valence-electron chi connectivity index (χ3n) is 4.49. The molecule has 2 amide bonds. The number of likely N-dealkylation sites (N-methyl/N-ethyl adjacent to an activating group) is 1. The summed E-state index contributed by atoms with van der Waals surface area (Å²) in [6, 6.07) is 5.74. The zero-order chi connectivity index (χ0) is 19.5. The quantitative estimate of drug-likeness (QED) is 0.846. The lowest BCUT2D eigenvalue weighted by Gasteiger charge is -2.32. The molecule has 0 aromatic heterocycles. The summed E-state index contributed by atoms with van der Waals surface area (Å²) in [6.07, 6.45) is 0.256. The Morgan fingerprint density at radius 2 is 2.04 bits per heavy atom. The summed E-state index contributed by atoms with van der Waals surface area (Å²) in [5, 5.41) is 2.97. The van der Waals surface area contributed by atoms with Gasteiger partial charge in [0.25, 0.3) is 0 Å². The Kier molecular flexibility index (Phi) is 6.29. The lowest BCUT2D eigenvalue weighted by atomic mass is 10.1. The van der Waals surface area contributed by atoms with Gasteiger partial charge in [-0.1, -0.05) is 6.07 Å². The first-order valence-corrected chi connectivity index (χ1v) is 9.07. The molecular formula is C20H31N3O3. The van der Waals surface area contributed by atoms with E-state index in [0.717, 1.165) is 12.1 Å². The van der Waals surface area contributed by atoms with E-state index in [4.69, 9.17) is 4.74 Å². The molecule has 6 nitrogen and oxygen atoms in total. The number of nitrogens with zero attached hydrogens (tertiary/aromatic N) is 2. The molecule has 0 radical (unpaired) electrons. The topological polar surface area (TPSA) is 61.9 Å². The summed E-state index contributed by atoms with van der Waals surface area (Å²) in [5.74, 6) is 0.220. The van der Waals surface area contributed by atoms with Crippen LogP contribution in [0.2, 0.25) is 0 Å². The molecule has 2 rings (SSSR count). The lowest BCUT2D eigenvalue weighted by molar-refractivity contribution is -0.131. The number of benzene rings is 1. The van der Waals surface area contributed by atoms with E-state index < -0.39 is 0 Å². The van der Waals surface area contributed by atoms with Gasteiger partial charge in [0, 0.05) is 25.0 Å². The van der Waals surface area contributed by atoms with Crippen LogP contribution in [0.1, 0.15) is 32.8 Å². The fourth-order valence-electron chi connectivity index (χ4n) is 2.97. The van der Waals surface area contributed by atoms with E-state index in [-0.39, 0.29) is 29.7 Å². The van der Waals surface area contributed by atoms with Crippen LogP contribution in [0.15, 0.2) is 18.2 Å². The van der Waals surface area contributed by atoms with E-state index in [1.807, 2.05) is 64.9 Å². The van der Waals surface area contributed by atoms with Crippen LogP contribution in [-0.4, -0.2) is 60.9 Å². The fourth-order valence-corrected chi connectivity index (χ4v) is 2.97. The Balaban J connectivity index is 2.06. The smallest absolute Gasteiger partial charge is 0.229 e. The van der Waals surface area contributed by atoms with Gasteiger partial charge in [0.1, 0.15) is 12.4 Å². The maximum atomic E-state index is 12.7. The third-order valence-corrected chi connectivity index (χ3v) is 4.49. The van der Waals surface area contributed by atoms with E-state index in [1.54, 1.807) is 4.90 Å². The molecule has 0 spiro atoms. The van der Waals surface area contributed by atoms with Gasteiger partial charge >= 0.3 is 0 Å². The summed E-state index contributed by atoms with van der Waals surface area (Å²) < 4.78 is 5.83. The molecule has 1 N–H and O–H groups in total. The number of hydrogen-bond acceptors (Lipinski definition) is 4. The number of anilines is 1. The van der Waals surface area contributed by atoms with Crippen molar-refractivity contribution < 1.29 is 14.3 Å². The van der Waals surface area contributed by atoms with Crippen LogP contribution in [0.5, 0.6) is 5.75 Å². The van der Waals surface area contributed by atoms with Gasteiger partial charge in [0.05, 0.1) is 11.6 Å². The molecular weight excluding hydrogens is 330 g/mol. The van der Waals surface area contributed by atoms with Crippen molar-refractivity contribution in [2.75, 3.05) is 39.1 Å². The Morgan fingerprint density at radius 3 is 2.62 bits per heavy atom. The number of nitrogens with one attached hydrogen (secondary N) is 1. The van der Waals surface area contributed by atoms with Gasteiger partial charge in [-0.2, -0.15) is 0 Å². The molecule has 0 saturated carbocycles. The molecule has 6 heteroatoms. The molecule has 1 aliphatic rings. The second-order valence-corrected chi connectivity index (χ2v) is 8.22. The predicted octanol–water partition coefficient (Wildman–Crippen LogP) is 2.52. The highest BCUT2D eigenvalue weighted by atomic mass is 16.5. The van der Waals surface area contributed by atoms with E-state index in [1.165, 1.54) is 0 Å². The number of carbonyl (C=O) groups is 2. The van der Waals surface area contributed by atoms with Gasteiger partial charge in [-0.25, -0.2) is 0 Å². The summed E-state index contributed by atoms with van der Waals surface area (Å²) in [5.41, 5.74) is 1.44. The lowest BCUT2D eigenvalue weighted by Crippen LogP contribution is -2.42. The SMILES string of the molecule is Cc1ccc(OCCN(C)C)c(NC(=O)C2CC(=O)N(C(C)(C)C)C2)c1. The van der Waals surface area contributed by atoms with Gasteiger partial charge in [-0.05, 0) is 59.5 Å². The van der Waals surface area contributed by atoms with Crippen molar-refractivity contribution in [3.63, 3.8) is 0 Å². The van der Waals surface area contributed by atoms with Crippen molar-refractivity contribution in [1.82, 2.24) is 9.80 Å². The first-order valence-electron chi connectivity index (χ1n) is 9.07. The molecule has 1 aliphatic heterocycles. The number of aryl methyl sites for hydroxylation is 1. The van der Waals surface area contributed by atoms with E-state index >= 15 is 0 Å². The average molecular weight is 361 g/mol. The molecule has 1 aromatic rings. The normalized spacial score (nSPS) is 17.7. The highest BCUT2D eigenvalue weighted by Gasteiger charge is 2.39. The van der Waals surface area contributed by atoms with Crippen LogP contribution in [0.3, 0.4) is 0 Å². The summed E-state index contributed by atoms with van der Waals surface area (Å²) >= 11 is 0. The van der Waals surface area contributed by atoms with Crippen molar-refractivity contribution in [2.45, 2.75) is 39.7 Å². The van der Waals surface area contributed by atoms with Gasteiger partial charge < -0.3 is 19.9 Å². The molecule has 1 saturated heterocycles. The van der Waals surface area contributed by atoms with Gasteiger partial charge in [-0.15, -0.1) is 0 Å². The van der Waals surface area contributed by atoms with Crippen molar-refractivity contribution in [2.24, 2.45) is 5.92 Å². The first kappa shape index (κ1) is 20.2. The van der Waals surface area contributed by atoms with Crippen LogP contribution in [0.25, 0.3) is 0 Å². The number of carbonyl (C=O) groups excluding carboxylic acids is 2. The van der Waals surface area contributed by atoms with Crippen LogP contribution >= 0.6 is 0 Å². The van der Waals surface area contributed by atoms with Gasteiger partial charge in [0.15, 0.2) is 0 Å². The Bertz CT molecular complexity index is 665. The van der Waals surface area contributed by atoms with Crippen molar-refractivity contribution in [3.05, 3.63) is 23.8 Å². The molecule has 1 atom stereocenters. The van der Waals surface area contributed by atoms with E-state index in [0.29, 0.717) is 24.6 Å². The molecule has 144 valence electrons. The van der Waals surface area contributed by atoms with E-state index in [2.05, 4.69) is 5.32 Å². The average Bonchev–Trinajstić information content (AvgIpc) is 2.91. The molecule has 0 aliphatic carbocycles. The van der Waals surface area contributed by atoms with Crippen LogP contribution in [0.4, 0.5) is 5.69 Å². The molecule has 1 fully saturated rings. The standard InChI is InChI=1S/C20H31N3O3/c1-14-7-8-17(26-10-9-22(5)6)16(11-14)21-19(25)15-12-18(24)23(13-15)20(2,3)4/h7-8,11,15H,9-10,12-13H2,1-6H3,(H,21,25). The summed E-state index contributed by atoms with van der Waals surface area (Å²) in [7, 11) is 3.97. The highest BCUT2D eigenvalue weighted by molar-refractivity contribution is 5.98. The fraction of sp³-hybridized carbons (Fsp3) is 0.600. The van der Waals surface area contributed by atoms with Crippen LogP contribution in [-0.2, 0) is 9.59 Å². The Morgan fingerprint density at radius 1 is 1.35 bits per heavy atom. The number of ether oxygens (including phenoxy) is 1. The van der Waals surface area contributed by atoms with E-state index in [9.17, 15) is 9.59 Å². The largest absolute Gasteiger partial charge is 0.490 e. The molecule has 1 heterocycles. The maximum absolute atomic E-state index is 12.7. The predicted molar refractivity (Wildman–Crippen MR) is 103 cm³/mol. The van der Waals surface area contributed by atoms with Gasteiger partial charge in [-0.3, -0.25) is 9.59 Å². The Labute approximate surface area is 156 Å². The van der Waals surface area contributed by atoms with Crippen molar-refractivity contribution >= 4 is 17.5 Å². The zero-order valence-corrected chi connectivity index (χ0v) is 16.8. The number of likely N-dealkylation sites (tertiary alicyclic amines) is 1. The number of hydrogen-bond donors (Lipinski definition) is 1. The minimum absolute atomic E-state index is 0.0318. The molecule has 1 aromatic carbocycles. The summed E-state index contributed by atoms with van der Waals surface area (Å²) in [6.45, 7) is 9.72. The monoisotopic (exact) mass is 361 g/mol. The van der Waals surface area contributed by atoms with Crippen LogP contribution < -0.4 is 10.1 Å². The molecule has 0 bridgehead atoms. The van der Waals surface area contributed by atoms with Gasteiger partial charge in [0.2, 0.25) is 11.8 Å².